The van der Waals surface area contributed by atoms with Gasteiger partial charge in [-0.1, -0.05) is 53.7 Å². The standard InChI is InChI=1S/C25H26N4O3/c1-16(30)17-12-19(13-17)29-14-18(27-28-29)10-11-26-25(31)32-15-24-22-8-4-2-6-20(22)21-7-3-5-9-23(21)24/h2-9,14,17,19,24H,10-13,15H2,1H3,(H,26,31). The molecule has 1 amide bonds. The van der Waals surface area contributed by atoms with Gasteiger partial charge in [0.2, 0.25) is 0 Å². The summed E-state index contributed by atoms with van der Waals surface area (Å²) >= 11 is 0. The largest absolute Gasteiger partial charge is 0.449 e. The van der Waals surface area contributed by atoms with Crippen LogP contribution in [0.5, 0.6) is 0 Å². The van der Waals surface area contributed by atoms with Gasteiger partial charge in [-0.05, 0) is 42.0 Å². The number of alkyl carbamates (subject to hydrolysis) is 1. The first-order valence-corrected chi connectivity index (χ1v) is 11.1. The van der Waals surface area contributed by atoms with Crippen molar-refractivity contribution >= 4 is 11.9 Å². The normalized spacial score (nSPS) is 19.0. The number of ether oxygens (including phenoxy) is 1. The maximum atomic E-state index is 12.3. The zero-order valence-corrected chi connectivity index (χ0v) is 18.0. The second-order valence-electron chi connectivity index (χ2n) is 8.63. The molecule has 0 spiro atoms. The first-order valence-electron chi connectivity index (χ1n) is 11.1. The van der Waals surface area contributed by atoms with Crippen molar-refractivity contribution in [2.45, 2.75) is 38.1 Å². The van der Waals surface area contributed by atoms with Crippen molar-refractivity contribution in [3.63, 3.8) is 0 Å². The van der Waals surface area contributed by atoms with Gasteiger partial charge in [0.15, 0.2) is 0 Å². The van der Waals surface area contributed by atoms with Crippen LogP contribution >= 0.6 is 0 Å². The summed E-state index contributed by atoms with van der Waals surface area (Å²) in [6.45, 7) is 2.37. The molecule has 0 atom stereocenters. The molecule has 1 fully saturated rings. The van der Waals surface area contributed by atoms with Crippen LogP contribution in [0, 0.1) is 5.92 Å². The van der Waals surface area contributed by atoms with Gasteiger partial charge in [-0.15, -0.1) is 5.10 Å². The quantitative estimate of drug-likeness (QED) is 0.614. The lowest BCUT2D eigenvalue weighted by Crippen LogP contribution is -2.31. The van der Waals surface area contributed by atoms with Crippen LogP contribution in [0.15, 0.2) is 54.7 Å². The SMILES string of the molecule is CC(=O)C1CC(n2cc(CCNC(=O)OCC3c4ccccc4-c4ccccc43)nn2)C1. The number of carbonyl (C=O) groups is 2. The number of aromatic nitrogens is 3. The molecular weight excluding hydrogens is 404 g/mol. The van der Waals surface area contributed by atoms with Crippen LogP contribution < -0.4 is 5.32 Å². The summed E-state index contributed by atoms with van der Waals surface area (Å²) in [4.78, 5) is 23.7. The van der Waals surface area contributed by atoms with Gasteiger partial charge < -0.3 is 10.1 Å². The van der Waals surface area contributed by atoms with Crippen molar-refractivity contribution < 1.29 is 14.3 Å². The monoisotopic (exact) mass is 430 g/mol. The Morgan fingerprint density at radius 3 is 2.38 bits per heavy atom. The van der Waals surface area contributed by atoms with Gasteiger partial charge in [0.25, 0.3) is 0 Å². The van der Waals surface area contributed by atoms with E-state index in [0.29, 0.717) is 19.6 Å². The number of nitrogens with one attached hydrogen (secondary N) is 1. The van der Waals surface area contributed by atoms with E-state index >= 15 is 0 Å². The Kier molecular flexibility index (Phi) is 5.47. The Hall–Kier alpha value is -3.48. The molecule has 0 saturated heterocycles. The molecule has 32 heavy (non-hydrogen) atoms. The minimum atomic E-state index is -0.428. The number of hydrogen-bond donors (Lipinski definition) is 1. The maximum Gasteiger partial charge on any atom is 0.407 e. The van der Waals surface area contributed by atoms with Crippen molar-refractivity contribution in [2.75, 3.05) is 13.2 Å². The van der Waals surface area contributed by atoms with E-state index in [1.165, 1.54) is 22.3 Å². The van der Waals surface area contributed by atoms with Crippen LogP contribution in [0.4, 0.5) is 4.79 Å². The Bertz CT molecular complexity index is 1100. The zero-order chi connectivity index (χ0) is 22.1. The molecule has 1 N–H and O–H groups in total. The van der Waals surface area contributed by atoms with E-state index in [4.69, 9.17) is 4.74 Å². The van der Waals surface area contributed by atoms with Crippen LogP contribution in [0.1, 0.15) is 48.5 Å². The van der Waals surface area contributed by atoms with E-state index in [1.807, 2.05) is 35.1 Å². The predicted molar refractivity (Wildman–Crippen MR) is 119 cm³/mol. The number of ketones is 1. The molecule has 0 radical (unpaired) electrons. The number of hydrogen-bond acceptors (Lipinski definition) is 5. The topological polar surface area (TPSA) is 86.1 Å². The lowest BCUT2D eigenvalue weighted by atomic mass is 9.78. The molecule has 5 rings (SSSR count). The summed E-state index contributed by atoms with van der Waals surface area (Å²) in [6.07, 6.45) is 3.71. The summed E-state index contributed by atoms with van der Waals surface area (Å²) in [7, 11) is 0. The van der Waals surface area contributed by atoms with Crippen molar-refractivity contribution in [3.8, 4) is 11.1 Å². The number of amides is 1. The highest BCUT2D eigenvalue weighted by molar-refractivity contribution is 5.79. The molecule has 1 heterocycles. The second-order valence-corrected chi connectivity index (χ2v) is 8.63. The Balaban J connectivity index is 1.10. The van der Waals surface area contributed by atoms with Crippen LogP contribution in [0.2, 0.25) is 0 Å². The summed E-state index contributed by atoms with van der Waals surface area (Å²) in [5.41, 5.74) is 5.63. The van der Waals surface area contributed by atoms with E-state index in [-0.39, 0.29) is 23.7 Å². The lowest BCUT2D eigenvalue weighted by Gasteiger charge is -2.33. The average molecular weight is 431 g/mol. The van der Waals surface area contributed by atoms with Crippen LogP contribution in [0.3, 0.4) is 0 Å². The lowest BCUT2D eigenvalue weighted by molar-refractivity contribution is -0.124. The van der Waals surface area contributed by atoms with E-state index < -0.39 is 6.09 Å². The van der Waals surface area contributed by atoms with Gasteiger partial charge in [-0.3, -0.25) is 4.79 Å². The Labute approximate surface area is 186 Å². The first-order chi connectivity index (χ1) is 15.6. The van der Waals surface area contributed by atoms with E-state index in [0.717, 1.165) is 18.5 Å². The number of rotatable bonds is 7. The average Bonchev–Trinajstić information content (AvgIpc) is 3.34. The molecule has 1 saturated carbocycles. The maximum absolute atomic E-state index is 12.3. The second kappa shape index (κ2) is 8.57. The highest BCUT2D eigenvalue weighted by atomic mass is 16.5. The van der Waals surface area contributed by atoms with Crippen molar-refractivity contribution in [1.82, 2.24) is 20.3 Å². The van der Waals surface area contributed by atoms with Crippen LogP contribution in [-0.2, 0) is 16.0 Å². The molecule has 3 aromatic rings. The van der Waals surface area contributed by atoms with Gasteiger partial charge in [0.1, 0.15) is 12.4 Å². The fourth-order valence-corrected chi connectivity index (χ4v) is 4.68. The summed E-state index contributed by atoms with van der Waals surface area (Å²) < 4.78 is 7.39. The highest BCUT2D eigenvalue weighted by Crippen LogP contribution is 2.44. The molecule has 2 aliphatic carbocycles. The summed E-state index contributed by atoms with van der Waals surface area (Å²) in [5.74, 6) is 0.450. The van der Waals surface area contributed by atoms with Crippen LogP contribution in [0.25, 0.3) is 11.1 Å². The number of Topliss-reactive ketones (excluding diaryl/α,β-unsaturated/α-hetero) is 1. The fourth-order valence-electron chi connectivity index (χ4n) is 4.68. The van der Waals surface area contributed by atoms with Gasteiger partial charge >= 0.3 is 6.09 Å². The minimum absolute atomic E-state index is 0.0503. The summed E-state index contributed by atoms with van der Waals surface area (Å²) in [6, 6.07) is 16.8. The third kappa shape index (κ3) is 3.90. The smallest absolute Gasteiger partial charge is 0.407 e. The summed E-state index contributed by atoms with van der Waals surface area (Å²) in [5, 5.41) is 11.2. The molecule has 7 heteroatoms. The predicted octanol–water partition coefficient (Wildman–Crippen LogP) is 3.90. The Morgan fingerprint density at radius 1 is 1.06 bits per heavy atom. The van der Waals surface area contributed by atoms with E-state index in [1.54, 1.807) is 6.92 Å². The number of nitrogens with zero attached hydrogens (tertiary/aromatic N) is 3. The first kappa shape index (κ1) is 20.4. The molecule has 0 unspecified atom stereocenters. The molecule has 0 bridgehead atoms. The van der Waals surface area contributed by atoms with E-state index in [9.17, 15) is 9.59 Å². The van der Waals surface area contributed by atoms with E-state index in [2.05, 4.69) is 39.9 Å². The molecule has 0 aliphatic heterocycles. The molecule has 2 aliphatic rings. The van der Waals surface area contributed by atoms with Crippen molar-refractivity contribution in [3.05, 3.63) is 71.5 Å². The molecule has 2 aromatic carbocycles. The molecule has 7 nitrogen and oxygen atoms in total. The minimum Gasteiger partial charge on any atom is -0.449 e. The third-order valence-corrected chi connectivity index (χ3v) is 6.61. The number of carbonyl (C=O) groups excluding carboxylic acids is 2. The number of fused-ring (bicyclic) bond motifs is 3. The van der Waals surface area contributed by atoms with Gasteiger partial charge in [0, 0.05) is 31.0 Å². The highest BCUT2D eigenvalue weighted by Gasteiger charge is 2.34. The zero-order valence-electron chi connectivity index (χ0n) is 18.0. The number of benzene rings is 2. The van der Waals surface area contributed by atoms with Crippen LogP contribution in [-0.4, -0.2) is 40.0 Å². The molecular formula is C25H26N4O3. The molecule has 1 aromatic heterocycles. The van der Waals surface area contributed by atoms with Crippen molar-refractivity contribution in [1.29, 1.82) is 0 Å². The van der Waals surface area contributed by atoms with Crippen molar-refractivity contribution in [2.24, 2.45) is 5.92 Å². The molecule has 164 valence electrons. The van der Waals surface area contributed by atoms with Gasteiger partial charge in [-0.2, -0.15) is 0 Å². The van der Waals surface area contributed by atoms with Gasteiger partial charge in [-0.25, -0.2) is 9.48 Å². The Morgan fingerprint density at radius 2 is 1.72 bits per heavy atom. The van der Waals surface area contributed by atoms with Gasteiger partial charge in [0.05, 0.1) is 11.7 Å². The third-order valence-electron chi connectivity index (χ3n) is 6.61. The fraction of sp³-hybridized carbons (Fsp3) is 0.360.